The number of nitrogens with one attached hydrogen (secondary N) is 2. The molecule has 1 fully saturated rings. The fourth-order valence-electron chi connectivity index (χ4n) is 1.73. The summed E-state index contributed by atoms with van der Waals surface area (Å²) in [4.78, 5) is 46.9. The molecule has 0 unspecified atom stereocenters. The van der Waals surface area contributed by atoms with Gasteiger partial charge in [0, 0.05) is 24.8 Å². The molecule has 2 rings (SSSR count). The number of hydrogen-bond donors (Lipinski definition) is 3. The molecule has 0 spiro atoms. The number of imide groups is 1. The molecule has 0 aromatic heterocycles. The van der Waals surface area contributed by atoms with Crippen molar-refractivity contribution >= 4 is 40.4 Å². The van der Waals surface area contributed by atoms with Gasteiger partial charge in [0.1, 0.15) is 5.75 Å². The Hall–Kier alpha value is -2.55. The highest BCUT2D eigenvalue weighted by molar-refractivity contribution is 8.14. The van der Waals surface area contributed by atoms with E-state index in [0.717, 1.165) is 16.7 Å². The zero-order chi connectivity index (χ0) is 16.1. The van der Waals surface area contributed by atoms with Gasteiger partial charge in [0.05, 0.1) is 5.75 Å². The summed E-state index contributed by atoms with van der Waals surface area (Å²) >= 11 is 0.904. The molecule has 1 saturated heterocycles. The summed E-state index contributed by atoms with van der Waals surface area (Å²) in [6, 6.07) is 5.76. The van der Waals surface area contributed by atoms with Gasteiger partial charge in [-0.1, -0.05) is 17.8 Å². The molecule has 0 saturated carbocycles. The quantitative estimate of drug-likeness (QED) is 0.679. The Labute approximate surface area is 129 Å². The number of hydrogen-bond acceptors (Lipinski definition) is 6. The maximum Gasteiger partial charge on any atom is 0.313 e. The molecule has 1 heterocycles. The number of nitrogens with zero attached hydrogens (tertiary/aromatic N) is 1. The first-order chi connectivity index (χ1) is 10.5. The van der Waals surface area contributed by atoms with Gasteiger partial charge in [0.15, 0.2) is 0 Å². The van der Waals surface area contributed by atoms with E-state index in [4.69, 9.17) is 0 Å². The van der Waals surface area contributed by atoms with Gasteiger partial charge >= 0.3 is 11.8 Å². The van der Waals surface area contributed by atoms with Crippen LogP contribution in [0.3, 0.4) is 0 Å². The van der Waals surface area contributed by atoms with Crippen LogP contribution in [0.15, 0.2) is 24.3 Å². The van der Waals surface area contributed by atoms with Crippen LogP contribution < -0.4 is 10.6 Å². The second-order valence-corrected chi connectivity index (χ2v) is 5.29. The van der Waals surface area contributed by atoms with E-state index in [9.17, 15) is 24.3 Å². The predicted octanol–water partition coefficient (Wildman–Crippen LogP) is 0.142. The number of carbonyl (C=O) groups excluding carboxylic acids is 4. The Morgan fingerprint density at radius 3 is 2.68 bits per heavy atom. The number of aromatic hydroxyl groups is 1. The number of rotatable bonds is 4. The van der Waals surface area contributed by atoms with Crippen LogP contribution in [-0.4, -0.2) is 51.8 Å². The minimum absolute atomic E-state index is 0.00959. The standard InChI is InChI=1S/C13H13N3O5S/c17-9-3-1-2-8(6-9)15-12(20)11(19)14-4-5-16-10(18)7-22-13(16)21/h1-3,6,17H,4-5,7H2,(H,14,19)(H,15,20). The molecule has 0 radical (unpaired) electrons. The first-order valence-corrected chi connectivity index (χ1v) is 7.31. The molecule has 4 amide bonds. The minimum Gasteiger partial charge on any atom is -0.508 e. The molecular weight excluding hydrogens is 310 g/mol. The van der Waals surface area contributed by atoms with Gasteiger partial charge in [-0.2, -0.15) is 0 Å². The number of carbonyl (C=O) groups is 4. The largest absolute Gasteiger partial charge is 0.508 e. The van der Waals surface area contributed by atoms with E-state index in [2.05, 4.69) is 10.6 Å². The molecule has 9 heteroatoms. The van der Waals surface area contributed by atoms with Gasteiger partial charge in [-0.05, 0) is 12.1 Å². The monoisotopic (exact) mass is 323 g/mol. The molecule has 22 heavy (non-hydrogen) atoms. The van der Waals surface area contributed by atoms with Gasteiger partial charge in [-0.25, -0.2) is 0 Å². The Bertz CT molecular complexity index is 618. The number of amides is 4. The highest BCUT2D eigenvalue weighted by atomic mass is 32.2. The third-order valence-corrected chi connectivity index (χ3v) is 3.63. The van der Waals surface area contributed by atoms with E-state index in [-0.39, 0.29) is 41.4 Å². The van der Waals surface area contributed by atoms with Gasteiger partial charge in [0.25, 0.3) is 5.24 Å². The van der Waals surface area contributed by atoms with Crippen molar-refractivity contribution in [1.29, 1.82) is 0 Å². The van der Waals surface area contributed by atoms with Crippen LogP contribution in [0.1, 0.15) is 0 Å². The third kappa shape index (κ3) is 3.98. The summed E-state index contributed by atoms with van der Waals surface area (Å²) in [5, 5.41) is 13.5. The van der Waals surface area contributed by atoms with Crippen molar-refractivity contribution in [2.24, 2.45) is 0 Å². The molecule has 1 aromatic rings. The lowest BCUT2D eigenvalue weighted by Gasteiger charge is -2.13. The van der Waals surface area contributed by atoms with Gasteiger partial charge in [-0.15, -0.1) is 0 Å². The summed E-state index contributed by atoms with van der Waals surface area (Å²) < 4.78 is 0. The van der Waals surface area contributed by atoms with Crippen molar-refractivity contribution in [3.8, 4) is 5.75 Å². The van der Waals surface area contributed by atoms with Crippen LogP contribution in [0.2, 0.25) is 0 Å². The summed E-state index contributed by atoms with van der Waals surface area (Å²) in [5.41, 5.74) is 0.279. The zero-order valence-electron chi connectivity index (χ0n) is 11.4. The molecule has 8 nitrogen and oxygen atoms in total. The second-order valence-electron chi connectivity index (χ2n) is 4.36. The Morgan fingerprint density at radius 2 is 2.05 bits per heavy atom. The molecular formula is C13H13N3O5S. The van der Waals surface area contributed by atoms with Gasteiger partial charge in [0.2, 0.25) is 5.91 Å². The van der Waals surface area contributed by atoms with E-state index < -0.39 is 11.8 Å². The number of benzene rings is 1. The molecule has 0 bridgehead atoms. The van der Waals surface area contributed by atoms with Crippen LogP contribution in [0.25, 0.3) is 0 Å². The average molecular weight is 323 g/mol. The molecule has 116 valence electrons. The van der Waals surface area contributed by atoms with Gasteiger partial charge in [-0.3, -0.25) is 24.1 Å². The lowest BCUT2D eigenvalue weighted by atomic mass is 10.3. The van der Waals surface area contributed by atoms with Crippen LogP contribution in [0.4, 0.5) is 10.5 Å². The third-order valence-electron chi connectivity index (χ3n) is 2.77. The maximum atomic E-state index is 11.6. The SMILES string of the molecule is O=C(NCCN1C(=O)CSC1=O)C(=O)Nc1cccc(O)c1. The molecule has 0 atom stereocenters. The Balaban J connectivity index is 1.78. The van der Waals surface area contributed by atoms with Crippen LogP contribution in [0, 0.1) is 0 Å². The number of thioether (sulfide) groups is 1. The Kier molecular flexibility index (Phi) is 4.99. The molecule has 3 N–H and O–H groups in total. The zero-order valence-corrected chi connectivity index (χ0v) is 12.2. The average Bonchev–Trinajstić information content (AvgIpc) is 2.78. The highest BCUT2D eigenvalue weighted by Crippen LogP contribution is 2.17. The Morgan fingerprint density at radius 1 is 1.27 bits per heavy atom. The van der Waals surface area contributed by atoms with E-state index in [0.29, 0.717) is 0 Å². The minimum atomic E-state index is -0.904. The smallest absolute Gasteiger partial charge is 0.313 e. The van der Waals surface area contributed by atoms with Crippen LogP contribution in [-0.2, 0) is 14.4 Å². The normalized spacial score (nSPS) is 14.1. The van der Waals surface area contributed by atoms with Crippen LogP contribution in [0.5, 0.6) is 5.75 Å². The van der Waals surface area contributed by atoms with Crippen molar-refractivity contribution < 1.29 is 24.3 Å². The fraction of sp³-hybridized carbons (Fsp3) is 0.231. The van der Waals surface area contributed by atoms with Crippen molar-refractivity contribution in [2.45, 2.75) is 0 Å². The lowest BCUT2D eigenvalue weighted by molar-refractivity contribution is -0.136. The van der Waals surface area contributed by atoms with Gasteiger partial charge < -0.3 is 15.7 Å². The molecule has 1 aromatic carbocycles. The number of phenols is 1. The van der Waals surface area contributed by atoms with E-state index >= 15 is 0 Å². The molecule has 0 aliphatic carbocycles. The first-order valence-electron chi connectivity index (χ1n) is 6.32. The molecule has 1 aliphatic rings. The predicted molar refractivity (Wildman–Crippen MR) is 79.3 cm³/mol. The molecule has 1 aliphatic heterocycles. The fourth-order valence-corrected chi connectivity index (χ4v) is 2.48. The summed E-state index contributed by atoms with van der Waals surface area (Å²) in [6.07, 6.45) is 0. The summed E-state index contributed by atoms with van der Waals surface area (Å²) in [5.74, 6) is -2.05. The van der Waals surface area contributed by atoms with Crippen molar-refractivity contribution in [2.75, 3.05) is 24.2 Å². The lowest BCUT2D eigenvalue weighted by Crippen LogP contribution is -2.41. The van der Waals surface area contributed by atoms with Crippen molar-refractivity contribution in [3.05, 3.63) is 24.3 Å². The topological polar surface area (TPSA) is 116 Å². The van der Waals surface area contributed by atoms with Crippen LogP contribution >= 0.6 is 11.8 Å². The maximum absolute atomic E-state index is 11.6. The van der Waals surface area contributed by atoms with E-state index in [1.54, 1.807) is 0 Å². The number of phenolic OH excluding ortho intramolecular Hbond substituents is 1. The summed E-state index contributed by atoms with van der Waals surface area (Å²) in [7, 11) is 0. The number of anilines is 1. The highest BCUT2D eigenvalue weighted by Gasteiger charge is 2.29. The van der Waals surface area contributed by atoms with E-state index in [1.807, 2.05) is 0 Å². The first kappa shape index (κ1) is 15.8. The van der Waals surface area contributed by atoms with E-state index in [1.165, 1.54) is 24.3 Å². The van der Waals surface area contributed by atoms with Crippen molar-refractivity contribution in [3.63, 3.8) is 0 Å². The summed E-state index contributed by atoms with van der Waals surface area (Å²) in [6.45, 7) is 0.0140. The van der Waals surface area contributed by atoms with Crippen molar-refractivity contribution in [1.82, 2.24) is 10.2 Å². The second kappa shape index (κ2) is 6.94.